The lowest BCUT2D eigenvalue weighted by atomic mass is 10.1. The van der Waals surface area contributed by atoms with E-state index in [2.05, 4.69) is 4.65 Å². The zero-order valence-corrected chi connectivity index (χ0v) is 8.85. The molecule has 0 atom stereocenters. The maximum Gasteiger partial charge on any atom is 0.707 e. The summed E-state index contributed by atoms with van der Waals surface area (Å²) in [7, 11) is -1.96. The SMILES string of the molecule is OB(O)Oc1cc2ccc(Cl)cc2cc1O. The molecule has 0 saturated carbocycles. The van der Waals surface area contributed by atoms with Gasteiger partial charge in [0.05, 0.1) is 0 Å². The summed E-state index contributed by atoms with van der Waals surface area (Å²) in [6.45, 7) is 0. The van der Waals surface area contributed by atoms with Gasteiger partial charge < -0.3 is 19.8 Å². The molecular weight excluding hydrogens is 230 g/mol. The fourth-order valence-corrected chi connectivity index (χ4v) is 1.62. The van der Waals surface area contributed by atoms with Crippen LogP contribution in [0.1, 0.15) is 0 Å². The van der Waals surface area contributed by atoms with E-state index >= 15 is 0 Å². The van der Waals surface area contributed by atoms with Crippen LogP contribution in [0.5, 0.6) is 11.5 Å². The van der Waals surface area contributed by atoms with Crippen molar-refractivity contribution < 1.29 is 19.8 Å². The van der Waals surface area contributed by atoms with Crippen LogP contribution in [0.4, 0.5) is 0 Å². The van der Waals surface area contributed by atoms with Crippen LogP contribution in [0.15, 0.2) is 30.3 Å². The van der Waals surface area contributed by atoms with Crippen molar-refractivity contribution in [2.24, 2.45) is 0 Å². The lowest BCUT2D eigenvalue weighted by Gasteiger charge is -2.08. The van der Waals surface area contributed by atoms with Gasteiger partial charge in [0.25, 0.3) is 0 Å². The van der Waals surface area contributed by atoms with Gasteiger partial charge in [0, 0.05) is 5.02 Å². The van der Waals surface area contributed by atoms with Crippen molar-refractivity contribution in [2.75, 3.05) is 0 Å². The third-order valence-corrected chi connectivity index (χ3v) is 2.35. The molecule has 0 amide bonds. The predicted molar refractivity (Wildman–Crippen MR) is 61.4 cm³/mol. The smallest absolute Gasteiger partial charge is 0.509 e. The first-order valence-electron chi connectivity index (χ1n) is 4.51. The second-order valence-corrected chi connectivity index (χ2v) is 3.69. The van der Waals surface area contributed by atoms with Crippen molar-refractivity contribution in [1.29, 1.82) is 0 Å². The van der Waals surface area contributed by atoms with E-state index in [4.69, 9.17) is 21.6 Å². The maximum atomic E-state index is 9.56. The summed E-state index contributed by atoms with van der Waals surface area (Å²) in [4.78, 5) is 0. The number of phenolic OH excluding ortho intramolecular Hbond substituents is 1. The van der Waals surface area contributed by atoms with Gasteiger partial charge in [-0.3, -0.25) is 0 Å². The van der Waals surface area contributed by atoms with E-state index in [0.717, 1.165) is 10.8 Å². The Morgan fingerprint density at radius 2 is 1.81 bits per heavy atom. The van der Waals surface area contributed by atoms with Gasteiger partial charge >= 0.3 is 7.32 Å². The molecule has 0 spiro atoms. The first-order valence-corrected chi connectivity index (χ1v) is 4.89. The molecule has 0 fully saturated rings. The Morgan fingerprint density at radius 1 is 1.06 bits per heavy atom. The largest absolute Gasteiger partial charge is 0.707 e. The topological polar surface area (TPSA) is 69.9 Å². The van der Waals surface area contributed by atoms with Crippen molar-refractivity contribution >= 4 is 29.7 Å². The highest BCUT2D eigenvalue weighted by atomic mass is 35.5. The molecule has 4 nitrogen and oxygen atoms in total. The summed E-state index contributed by atoms with van der Waals surface area (Å²) in [5.74, 6) is -0.173. The van der Waals surface area contributed by atoms with Crippen molar-refractivity contribution in [3.8, 4) is 11.5 Å². The number of hydrogen-bond donors (Lipinski definition) is 3. The Bertz CT molecular complexity index is 529. The Hall–Kier alpha value is -1.43. The molecule has 0 unspecified atom stereocenters. The average molecular weight is 238 g/mol. The highest BCUT2D eigenvalue weighted by molar-refractivity contribution is 6.34. The van der Waals surface area contributed by atoms with E-state index in [1.807, 2.05) is 0 Å². The van der Waals surface area contributed by atoms with Gasteiger partial charge in [-0.2, -0.15) is 0 Å². The lowest BCUT2D eigenvalue weighted by Crippen LogP contribution is -2.20. The molecule has 2 rings (SSSR count). The summed E-state index contributed by atoms with van der Waals surface area (Å²) in [6, 6.07) is 8.07. The minimum absolute atomic E-state index is 0.00447. The van der Waals surface area contributed by atoms with Crippen LogP contribution in [0.25, 0.3) is 10.8 Å². The molecule has 6 heteroatoms. The maximum absolute atomic E-state index is 9.56. The van der Waals surface area contributed by atoms with Crippen molar-refractivity contribution in [3.05, 3.63) is 35.4 Å². The molecule has 2 aromatic rings. The third kappa shape index (κ3) is 2.22. The molecule has 0 heterocycles. The summed E-state index contributed by atoms with van der Waals surface area (Å²) in [5.41, 5.74) is 0. The third-order valence-electron chi connectivity index (χ3n) is 2.11. The van der Waals surface area contributed by atoms with Crippen LogP contribution in [-0.4, -0.2) is 22.5 Å². The quantitative estimate of drug-likeness (QED) is 0.694. The number of fused-ring (bicyclic) bond motifs is 1. The standard InChI is InChI=1S/C10H8BClO4/c12-8-2-1-6-5-10(16-11(14)15)9(13)4-7(6)3-8/h1-5,13-15H. The summed E-state index contributed by atoms with van der Waals surface area (Å²) in [6.07, 6.45) is 0. The number of aromatic hydroxyl groups is 1. The molecule has 0 aliphatic rings. The Morgan fingerprint density at radius 3 is 2.50 bits per heavy atom. The fourth-order valence-electron chi connectivity index (χ4n) is 1.44. The molecule has 0 aliphatic carbocycles. The molecule has 2 aromatic carbocycles. The van der Waals surface area contributed by atoms with Gasteiger partial charge in [-0.25, -0.2) is 0 Å². The van der Waals surface area contributed by atoms with E-state index in [9.17, 15) is 5.11 Å². The van der Waals surface area contributed by atoms with Crippen molar-refractivity contribution in [3.63, 3.8) is 0 Å². The molecule has 82 valence electrons. The van der Waals surface area contributed by atoms with E-state index in [1.54, 1.807) is 18.2 Å². The molecule has 3 N–H and O–H groups in total. The molecule has 0 aliphatic heterocycles. The second kappa shape index (κ2) is 4.21. The number of hydrogen-bond acceptors (Lipinski definition) is 4. The molecule has 0 radical (unpaired) electrons. The molecule has 0 bridgehead atoms. The highest BCUT2D eigenvalue weighted by Gasteiger charge is 2.14. The van der Waals surface area contributed by atoms with E-state index in [1.165, 1.54) is 12.1 Å². The number of rotatable bonds is 2. The highest BCUT2D eigenvalue weighted by Crippen LogP contribution is 2.32. The van der Waals surface area contributed by atoms with Crippen LogP contribution in [0.2, 0.25) is 5.02 Å². The zero-order valence-electron chi connectivity index (χ0n) is 8.09. The van der Waals surface area contributed by atoms with Gasteiger partial charge in [-0.05, 0) is 35.0 Å². The van der Waals surface area contributed by atoms with Gasteiger partial charge in [0.1, 0.15) is 5.75 Å². The summed E-state index contributed by atoms with van der Waals surface area (Å²) >= 11 is 5.80. The summed E-state index contributed by atoms with van der Waals surface area (Å²) in [5, 5.41) is 28.9. The Balaban J connectivity index is 2.54. The van der Waals surface area contributed by atoms with Crippen LogP contribution in [0, 0.1) is 0 Å². The molecule has 0 saturated heterocycles. The molecule has 16 heavy (non-hydrogen) atoms. The van der Waals surface area contributed by atoms with Crippen molar-refractivity contribution in [1.82, 2.24) is 0 Å². The minimum atomic E-state index is -1.96. The van der Waals surface area contributed by atoms with E-state index < -0.39 is 7.32 Å². The Labute approximate surface area is 96.8 Å². The fraction of sp³-hybridized carbons (Fsp3) is 0. The molecular formula is C10H8BClO4. The van der Waals surface area contributed by atoms with Gasteiger partial charge in [-0.15, -0.1) is 0 Å². The number of benzene rings is 2. The average Bonchev–Trinajstić information content (AvgIpc) is 2.19. The van der Waals surface area contributed by atoms with Crippen LogP contribution in [-0.2, 0) is 0 Å². The predicted octanol–water partition coefficient (Wildman–Crippen LogP) is 1.55. The van der Waals surface area contributed by atoms with Gasteiger partial charge in [0.2, 0.25) is 0 Å². The van der Waals surface area contributed by atoms with Gasteiger partial charge in [0.15, 0.2) is 5.75 Å². The Kier molecular flexibility index (Phi) is 2.91. The minimum Gasteiger partial charge on any atom is -0.509 e. The normalized spacial score (nSPS) is 10.4. The van der Waals surface area contributed by atoms with E-state index in [-0.39, 0.29) is 11.5 Å². The van der Waals surface area contributed by atoms with Crippen molar-refractivity contribution in [2.45, 2.75) is 0 Å². The monoisotopic (exact) mass is 238 g/mol. The van der Waals surface area contributed by atoms with Crippen LogP contribution < -0.4 is 4.65 Å². The summed E-state index contributed by atoms with van der Waals surface area (Å²) < 4.78 is 4.61. The number of phenols is 1. The van der Waals surface area contributed by atoms with Crippen LogP contribution >= 0.6 is 11.6 Å². The van der Waals surface area contributed by atoms with E-state index in [0.29, 0.717) is 5.02 Å². The molecule has 0 aromatic heterocycles. The number of halogens is 1. The van der Waals surface area contributed by atoms with Gasteiger partial charge in [-0.1, -0.05) is 17.7 Å². The second-order valence-electron chi connectivity index (χ2n) is 3.26. The first-order chi connectivity index (χ1) is 7.56. The zero-order chi connectivity index (χ0) is 11.7. The van der Waals surface area contributed by atoms with Crippen LogP contribution in [0.3, 0.4) is 0 Å². The first kappa shape index (κ1) is 11.1. The lowest BCUT2D eigenvalue weighted by molar-refractivity contribution is 0.281.